The molecule has 13 heteroatoms. The minimum absolute atomic E-state index is 0.0776. The number of carbonyl (C=O) groups excluding carboxylic acids is 1. The molecule has 0 bridgehead atoms. The monoisotopic (exact) mass is 474 g/mol. The van der Waals surface area contributed by atoms with Gasteiger partial charge in [0, 0.05) is 31.5 Å². The van der Waals surface area contributed by atoms with Crippen LogP contribution in [0.2, 0.25) is 0 Å². The van der Waals surface area contributed by atoms with E-state index >= 15 is 0 Å². The van der Waals surface area contributed by atoms with Gasteiger partial charge >= 0.3 is 10.2 Å². The van der Waals surface area contributed by atoms with Gasteiger partial charge in [0.05, 0.1) is 19.3 Å². The number of aromatic nitrogens is 1. The van der Waals surface area contributed by atoms with E-state index in [2.05, 4.69) is 10.3 Å². The zero-order valence-electron chi connectivity index (χ0n) is 17.5. The number of nitrogens with one attached hydrogen (secondary N) is 2. The fourth-order valence-corrected chi connectivity index (χ4v) is 4.19. The second-order valence-electron chi connectivity index (χ2n) is 7.11. The van der Waals surface area contributed by atoms with Crippen molar-refractivity contribution in [1.82, 2.24) is 14.0 Å². The predicted molar refractivity (Wildman–Crippen MR) is 110 cm³/mol. The molecule has 3 rings (SSSR count). The molecule has 0 saturated carbocycles. The molecule has 176 valence electrons. The van der Waals surface area contributed by atoms with Crippen molar-refractivity contribution in [3.05, 3.63) is 41.3 Å². The minimum atomic E-state index is -4.14. The molecule has 1 aromatic heterocycles. The molecule has 1 atom stereocenters. The Kier molecular flexibility index (Phi) is 7.77. The molecule has 0 radical (unpaired) electrons. The lowest BCUT2D eigenvalue weighted by atomic mass is 10.1. The summed E-state index contributed by atoms with van der Waals surface area (Å²) < 4.78 is 69.8. The smallest absolute Gasteiger partial charge is 0.304 e. The number of hydrogen-bond donors (Lipinski definition) is 2. The molecule has 1 saturated heterocycles. The number of rotatable bonds is 8. The Bertz CT molecular complexity index is 1050. The molecule has 1 aliphatic heterocycles. The third kappa shape index (κ3) is 6.00. The summed E-state index contributed by atoms with van der Waals surface area (Å²) in [4.78, 5) is 16.3. The Morgan fingerprint density at radius 3 is 2.88 bits per heavy atom. The zero-order chi connectivity index (χ0) is 23.3. The average Bonchev–Trinajstić information content (AvgIpc) is 3.07. The van der Waals surface area contributed by atoms with Gasteiger partial charge in [-0.25, -0.2) is 13.5 Å². The number of amides is 1. The van der Waals surface area contributed by atoms with E-state index in [9.17, 15) is 22.0 Å². The highest BCUT2D eigenvalue weighted by Gasteiger charge is 2.29. The number of ether oxygens (including phenoxy) is 2. The number of oxazole rings is 1. The first kappa shape index (κ1) is 24.0. The Morgan fingerprint density at radius 1 is 1.38 bits per heavy atom. The summed E-state index contributed by atoms with van der Waals surface area (Å²) in [5.74, 6) is -0.988. The topological polar surface area (TPSA) is 123 Å². The third-order valence-electron chi connectivity index (χ3n) is 4.80. The highest BCUT2D eigenvalue weighted by molar-refractivity contribution is 7.87. The van der Waals surface area contributed by atoms with Gasteiger partial charge in [0.1, 0.15) is 6.26 Å². The van der Waals surface area contributed by atoms with Crippen LogP contribution in [0.4, 0.5) is 20.5 Å². The van der Waals surface area contributed by atoms with Gasteiger partial charge in [-0.3, -0.25) is 4.79 Å². The Morgan fingerprint density at radius 2 is 2.16 bits per heavy atom. The average molecular weight is 474 g/mol. The molecule has 1 amide bonds. The third-order valence-corrected chi connectivity index (χ3v) is 6.29. The van der Waals surface area contributed by atoms with Gasteiger partial charge in [-0.05, 0) is 25.0 Å². The summed E-state index contributed by atoms with van der Waals surface area (Å²) in [7, 11) is -2.61. The molecule has 1 aromatic carbocycles. The molecule has 0 aliphatic carbocycles. The lowest BCUT2D eigenvalue weighted by molar-refractivity contribution is 0.00560. The fourth-order valence-electron chi connectivity index (χ4n) is 3.06. The predicted octanol–water partition coefficient (Wildman–Crippen LogP) is 2.38. The van der Waals surface area contributed by atoms with Crippen LogP contribution in [-0.2, 0) is 19.7 Å². The SMILES string of the molecule is COCC1CCN(S(=O)(=O)NC(=O)c2coc(Nc3cc(C(F)F)ccc3C)n2)CCO1. The molecule has 2 aromatic rings. The van der Waals surface area contributed by atoms with Crippen molar-refractivity contribution < 1.29 is 35.9 Å². The maximum atomic E-state index is 12.9. The van der Waals surface area contributed by atoms with Gasteiger partial charge in [-0.1, -0.05) is 12.1 Å². The minimum Gasteiger partial charge on any atom is -0.431 e. The molecule has 32 heavy (non-hydrogen) atoms. The van der Waals surface area contributed by atoms with Gasteiger partial charge in [-0.15, -0.1) is 0 Å². The van der Waals surface area contributed by atoms with Gasteiger partial charge in [0.25, 0.3) is 18.3 Å². The fraction of sp³-hybridized carbons (Fsp3) is 0.474. The highest BCUT2D eigenvalue weighted by Crippen LogP contribution is 2.27. The number of halogens is 2. The molecule has 1 fully saturated rings. The van der Waals surface area contributed by atoms with Crippen LogP contribution in [0.1, 0.15) is 34.5 Å². The van der Waals surface area contributed by atoms with E-state index in [1.54, 1.807) is 6.92 Å². The van der Waals surface area contributed by atoms with Crippen LogP contribution in [0.15, 0.2) is 28.9 Å². The number of alkyl halides is 2. The van der Waals surface area contributed by atoms with Gasteiger partial charge in [-0.2, -0.15) is 17.7 Å². The second kappa shape index (κ2) is 10.3. The summed E-state index contributed by atoms with van der Waals surface area (Å²) in [5.41, 5.74) is 0.487. The summed E-state index contributed by atoms with van der Waals surface area (Å²) in [6.45, 7) is 2.44. The van der Waals surface area contributed by atoms with Crippen LogP contribution in [-0.4, -0.2) is 63.1 Å². The Labute approximate surface area is 184 Å². The van der Waals surface area contributed by atoms with Crippen molar-refractivity contribution in [2.75, 3.05) is 38.7 Å². The van der Waals surface area contributed by atoms with Crippen molar-refractivity contribution in [3.63, 3.8) is 0 Å². The maximum absolute atomic E-state index is 12.9. The van der Waals surface area contributed by atoms with Crippen molar-refractivity contribution in [3.8, 4) is 0 Å². The second-order valence-corrected chi connectivity index (χ2v) is 8.78. The van der Waals surface area contributed by atoms with Crippen LogP contribution in [0.5, 0.6) is 0 Å². The number of anilines is 2. The zero-order valence-corrected chi connectivity index (χ0v) is 18.3. The van der Waals surface area contributed by atoms with E-state index in [4.69, 9.17) is 13.9 Å². The molecule has 2 N–H and O–H groups in total. The lowest BCUT2D eigenvalue weighted by Gasteiger charge is -2.19. The van der Waals surface area contributed by atoms with E-state index in [0.717, 1.165) is 10.6 Å². The van der Waals surface area contributed by atoms with Crippen LogP contribution in [0, 0.1) is 6.92 Å². The standard InChI is InChI=1S/C19H24F2N4O6S/c1-12-3-4-13(17(20)21)9-15(12)22-19-23-16(11-31-19)18(26)24-32(27,28)25-6-5-14(10-29-2)30-8-7-25/h3-4,9,11,14,17H,5-8,10H2,1-2H3,(H,22,23)(H,24,26). The largest absolute Gasteiger partial charge is 0.431 e. The highest BCUT2D eigenvalue weighted by atomic mass is 32.2. The summed E-state index contributed by atoms with van der Waals surface area (Å²) >= 11 is 0. The van der Waals surface area contributed by atoms with Crippen LogP contribution < -0.4 is 10.0 Å². The maximum Gasteiger partial charge on any atom is 0.304 e. The van der Waals surface area contributed by atoms with E-state index in [0.29, 0.717) is 24.3 Å². The van der Waals surface area contributed by atoms with E-state index in [1.807, 2.05) is 4.72 Å². The van der Waals surface area contributed by atoms with E-state index in [1.165, 1.54) is 25.3 Å². The Balaban J connectivity index is 1.65. The number of benzene rings is 1. The molecular weight excluding hydrogens is 450 g/mol. The van der Waals surface area contributed by atoms with Crippen molar-refractivity contribution >= 4 is 27.8 Å². The van der Waals surface area contributed by atoms with Crippen molar-refractivity contribution in [2.45, 2.75) is 25.9 Å². The van der Waals surface area contributed by atoms with Crippen molar-refractivity contribution in [1.29, 1.82) is 0 Å². The molecular formula is C19H24F2N4O6S. The Hall–Kier alpha value is -2.61. The summed E-state index contributed by atoms with van der Waals surface area (Å²) in [6, 6.07) is 3.91. The quantitative estimate of drug-likeness (QED) is 0.598. The summed E-state index contributed by atoms with van der Waals surface area (Å²) in [6.07, 6.45) is -1.49. The number of methoxy groups -OCH3 is 1. The van der Waals surface area contributed by atoms with Crippen molar-refractivity contribution in [2.24, 2.45) is 0 Å². The van der Waals surface area contributed by atoms with Crippen LogP contribution in [0.3, 0.4) is 0 Å². The van der Waals surface area contributed by atoms with Crippen LogP contribution in [0.25, 0.3) is 0 Å². The molecule has 10 nitrogen and oxygen atoms in total. The van der Waals surface area contributed by atoms with Gasteiger partial charge in [0.15, 0.2) is 5.69 Å². The number of aryl methyl sites for hydroxylation is 1. The number of carbonyl (C=O) groups is 1. The first-order chi connectivity index (χ1) is 15.2. The van der Waals surface area contributed by atoms with Gasteiger partial charge in [0.2, 0.25) is 0 Å². The van der Waals surface area contributed by atoms with E-state index < -0.39 is 22.5 Å². The number of nitrogens with zero attached hydrogens (tertiary/aromatic N) is 2. The normalized spacial score (nSPS) is 17.8. The van der Waals surface area contributed by atoms with Crippen LogP contribution >= 0.6 is 0 Å². The molecule has 2 heterocycles. The molecule has 1 aliphatic rings. The lowest BCUT2D eigenvalue weighted by Crippen LogP contribution is -2.44. The first-order valence-corrected chi connectivity index (χ1v) is 11.2. The van der Waals surface area contributed by atoms with Gasteiger partial charge < -0.3 is 19.2 Å². The summed E-state index contributed by atoms with van der Waals surface area (Å²) in [5, 5.41) is 2.71. The van der Waals surface area contributed by atoms with E-state index in [-0.39, 0.29) is 43.1 Å². The molecule has 1 unspecified atom stereocenters. The molecule has 0 spiro atoms. The number of hydrogen-bond acceptors (Lipinski definition) is 8. The first-order valence-electron chi connectivity index (χ1n) is 9.73.